The van der Waals surface area contributed by atoms with Crippen LogP contribution in [0.15, 0.2) is 72.7 Å². The molecule has 314 valence electrons. The van der Waals surface area contributed by atoms with Crippen molar-refractivity contribution in [1.82, 2.24) is 20.4 Å². The van der Waals surface area contributed by atoms with E-state index in [9.17, 15) is 35.1 Å². The summed E-state index contributed by atoms with van der Waals surface area (Å²) in [6, 6.07) is -1.22. The Morgan fingerprint density at radius 2 is 1.09 bits per heavy atom. The van der Waals surface area contributed by atoms with Gasteiger partial charge in [-0.25, -0.2) is 0 Å². The van der Waals surface area contributed by atoms with Crippen LogP contribution >= 0.6 is 8.58 Å². The van der Waals surface area contributed by atoms with Crippen LogP contribution in [0.2, 0.25) is 0 Å². The van der Waals surface area contributed by atoms with Crippen molar-refractivity contribution < 1.29 is 35.1 Å². The average molecular weight is 791 g/mol. The molecule has 2 amide bonds. The molecule has 0 aliphatic carbocycles. The van der Waals surface area contributed by atoms with E-state index in [1.54, 1.807) is 11.8 Å². The Kier molecular flexibility index (Phi) is 30.0. The van der Waals surface area contributed by atoms with Gasteiger partial charge in [0.25, 0.3) is 0 Å². The minimum Gasteiger partial charge on any atom is -0.392 e. The fourth-order valence-electron chi connectivity index (χ4n) is 6.19. The van der Waals surface area contributed by atoms with Crippen LogP contribution in [-0.2, 0) is 9.59 Å². The van der Waals surface area contributed by atoms with Gasteiger partial charge in [0.1, 0.15) is 12.1 Å². The summed E-state index contributed by atoms with van der Waals surface area (Å²) in [5.41, 5.74) is 0. The van der Waals surface area contributed by atoms with E-state index in [2.05, 4.69) is 90.1 Å². The quantitative estimate of drug-likeness (QED) is 0.0208. The second kappa shape index (κ2) is 32.6. The first-order valence-electron chi connectivity index (χ1n) is 20.6. The number of hydrogen-bond acceptors (Lipinski definition) is 9. The Morgan fingerprint density at radius 3 is 1.58 bits per heavy atom. The molecule has 7 N–H and O–H groups in total. The van der Waals surface area contributed by atoms with Crippen molar-refractivity contribution in [3.05, 3.63) is 72.7 Å². The number of allylic oxidation sites excluding steroid dienone is 10. The molecular formula is C43H75N4O7P. The smallest absolute Gasteiger partial charge is 0.243 e. The fourth-order valence-corrected chi connectivity index (χ4v) is 7.05. The molecule has 0 aromatic heterocycles. The molecule has 7 unspecified atom stereocenters. The van der Waals surface area contributed by atoms with Crippen LogP contribution in [0.4, 0.5) is 0 Å². The van der Waals surface area contributed by atoms with Crippen molar-refractivity contribution in [2.75, 3.05) is 39.3 Å². The standard InChI is InChI=1S/C43H75N4O7P/c1-5-7-9-11-13-15-17-19-25-35(3)39(49)32-47(34-41(52)55-30-24-18-16-14-12-10-8-6-2)29-23-21-27-38-43(54)44-37(42(53)45-38)26-20-22-28-46(31-36(4)48)33-40(50)51/h7-10,13-16,19,24-25,30,35-41,48-52,55H,5-6,11-12,17-18,20-23,26-29,31-34H2,1-4H3,(H,44,54)(H,45,53)/b9-7-,10-8-,15-13-,16-14-,25-19-,30-24-. The largest absolute Gasteiger partial charge is 0.392 e. The van der Waals surface area contributed by atoms with Crippen LogP contribution in [0.3, 0.4) is 0 Å². The van der Waals surface area contributed by atoms with Crippen molar-refractivity contribution in [3.8, 4) is 0 Å². The predicted molar refractivity (Wildman–Crippen MR) is 228 cm³/mol. The SMILES string of the molecule is CC/C=C\C/C=C\C/C=C\PC(O)CN(CCCCC1NC(=O)C(CCCCN(CC(C)O)CC(O)O)NC1=O)CC(O)C(C)/C=C\C/C=C\C/C=C\CC. The Balaban J connectivity index is 2.65. The van der Waals surface area contributed by atoms with Gasteiger partial charge in [0.2, 0.25) is 11.8 Å². The summed E-state index contributed by atoms with van der Waals surface area (Å²) in [7, 11) is 0.241. The van der Waals surface area contributed by atoms with Crippen LogP contribution in [0.5, 0.6) is 0 Å². The first kappa shape index (κ1) is 50.5. The molecule has 1 fully saturated rings. The number of nitrogens with zero attached hydrogens (tertiary/aromatic N) is 2. The van der Waals surface area contributed by atoms with Gasteiger partial charge in [0.05, 0.1) is 18.1 Å². The predicted octanol–water partition coefficient (Wildman–Crippen LogP) is 5.27. The normalized spacial score (nSPS) is 19.6. The number of carbonyl (C=O) groups excluding carboxylic acids is 2. The summed E-state index contributed by atoms with van der Waals surface area (Å²) < 4.78 is 0. The molecule has 12 heteroatoms. The lowest BCUT2D eigenvalue weighted by Gasteiger charge is -2.31. The van der Waals surface area contributed by atoms with Crippen LogP contribution in [0, 0.1) is 5.92 Å². The number of nitrogens with one attached hydrogen (secondary N) is 2. The van der Waals surface area contributed by atoms with E-state index >= 15 is 0 Å². The van der Waals surface area contributed by atoms with Gasteiger partial charge in [-0.05, 0) is 97.1 Å². The van der Waals surface area contributed by atoms with Gasteiger partial charge in [-0.3, -0.25) is 19.4 Å². The van der Waals surface area contributed by atoms with Gasteiger partial charge < -0.3 is 36.2 Å². The Morgan fingerprint density at radius 1 is 0.618 bits per heavy atom. The number of hydrogen-bond donors (Lipinski definition) is 7. The first-order valence-corrected chi connectivity index (χ1v) is 21.8. The lowest BCUT2D eigenvalue weighted by Crippen LogP contribution is -2.61. The first-order chi connectivity index (χ1) is 26.5. The zero-order valence-corrected chi connectivity index (χ0v) is 35.1. The van der Waals surface area contributed by atoms with Gasteiger partial charge in [0.15, 0.2) is 6.29 Å². The third kappa shape index (κ3) is 26.9. The van der Waals surface area contributed by atoms with Crippen LogP contribution < -0.4 is 10.6 Å². The Hall–Kier alpha value is -2.47. The number of unbranched alkanes of at least 4 members (excludes halogenated alkanes) is 2. The van der Waals surface area contributed by atoms with E-state index in [0.717, 1.165) is 44.9 Å². The zero-order chi connectivity index (χ0) is 40.7. The molecule has 0 radical (unpaired) electrons. The minimum atomic E-state index is -1.49. The third-order valence-electron chi connectivity index (χ3n) is 9.20. The lowest BCUT2D eigenvalue weighted by molar-refractivity contribution is -0.137. The highest BCUT2D eigenvalue weighted by Gasteiger charge is 2.33. The maximum Gasteiger partial charge on any atom is 0.243 e. The van der Waals surface area contributed by atoms with Crippen LogP contribution in [0.1, 0.15) is 105 Å². The Bertz CT molecular complexity index is 1180. The number of aliphatic hydroxyl groups is 5. The molecular weight excluding hydrogens is 715 g/mol. The van der Waals surface area contributed by atoms with Gasteiger partial charge >= 0.3 is 0 Å². The van der Waals surface area contributed by atoms with E-state index in [-0.39, 0.29) is 32.9 Å². The van der Waals surface area contributed by atoms with Crippen molar-refractivity contribution in [1.29, 1.82) is 0 Å². The molecule has 1 rings (SSSR count). The van der Waals surface area contributed by atoms with Gasteiger partial charge in [-0.15, -0.1) is 0 Å². The number of aliphatic hydroxyl groups excluding tert-OH is 4. The lowest BCUT2D eigenvalue weighted by atomic mass is 10.0. The molecule has 0 aromatic carbocycles. The topological polar surface area (TPSA) is 166 Å². The molecule has 11 nitrogen and oxygen atoms in total. The maximum atomic E-state index is 12.9. The third-order valence-corrected chi connectivity index (χ3v) is 10.2. The summed E-state index contributed by atoms with van der Waals surface area (Å²) in [4.78, 5) is 29.7. The van der Waals surface area contributed by atoms with Gasteiger partial charge in [0, 0.05) is 32.1 Å². The molecule has 1 aliphatic heterocycles. The minimum absolute atomic E-state index is 0.0337. The van der Waals surface area contributed by atoms with Crippen LogP contribution in [0.25, 0.3) is 0 Å². The van der Waals surface area contributed by atoms with Crippen LogP contribution in [-0.4, -0.2) is 123 Å². The maximum absolute atomic E-state index is 12.9. The molecule has 55 heavy (non-hydrogen) atoms. The monoisotopic (exact) mass is 791 g/mol. The summed E-state index contributed by atoms with van der Waals surface area (Å²) in [5, 5.41) is 56.1. The van der Waals surface area contributed by atoms with Crippen molar-refractivity contribution >= 4 is 20.4 Å². The molecule has 1 heterocycles. The molecule has 7 atom stereocenters. The Labute approximate surface area is 334 Å². The number of carbonyl (C=O) groups is 2. The van der Waals surface area contributed by atoms with Crippen molar-refractivity contribution in [2.45, 2.75) is 141 Å². The van der Waals surface area contributed by atoms with Crippen molar-refractivity contribution in [3.63, 3.8) is 0 Å². The van der Waals surface area contributed by atoms with E-state index in [1.807, 2.05) is 18.8 Å². The highest BCUT2D eigenvalue weighted by atomic mass is 31.1. The molecule has 1 saturated heterocycles. The summed E-state index contributed by atoms with van der Waals surface area (Å²) in [6.45, 7) is 10.3. The van der Waals surface area contributed by atoms with Gasteiger partial charge in [-0.1, -0.05) is 102 Å². The average Bonchev–Trinajstić information content (AvgIpc) is 3.13. The molecule has 0 bridgehead atoms. The second-order valence-corrected chi connectivity index (χ2v) is 15.9. The zero-order valence-electron chi connectivity index (χ0n) is 34.1. The second-order valence-electron chi connectivity index (χ2n) is 14.5. The number of rotatable bonds is 32. The van der Waals surface area contributed by atoms with E-state index in [1.165, 1.54) is 0 Å². The summed E-state index contributed by atoms with van der Waals surface area (Å²) >= 11 is 0. The summed E-state index contributed by atoms with van der Waals surface area (Å²) in [6.07, 6.45) is 30.0. The van der Waals surface area contributed by atoms with E-state index in [4.69, 9.17) is 0 Å². The molecule has 0 aromatic rings. The van der Waals surface area contributed by atoms with E-state index < -0.39 is 36.4 Å². The van der Waals surface area contributed by atoms with Crippen molar-refractivity contribution in [2.24, 2.45) is 5.92 Å². The number of amides is 2. The summed E-state index contributed by atoms with van der Waals surface area (Å²) in [5.74, 6) is 1.03. The highest BCUT2D eigenvalue weighted by Crippen LogP contribution is 2.21. The molecule has 0 saturated carbocycles. The number of piperazine rings is 1. The fraction of sp³-hybridized carbons (Fsp3) is 0.674. The molecule has 0 spiro atoms. The molecule has 1 aliphatic rings. The van der Waals surface area contributed by atoms with E-state index in [0.29, 0.717) is 64.8 Å². The van der Waals surface area contributed by atoms with Gasteiger partial charge in [-0.2, -0.15) is 0 Å². The highest BCUT2D eigenvalue weighted by molar-refractivity contribution is 7.42.